The van der Waals surface area contributed by atoms with Gasteiger partial charge in [-0.1, -0.05) is 0 Å². The van der Waals surface area contributed by atoms with Gasteiger partial charge in [0.25, 0.3) is 0 Å². The first-order valence-electron chi connectivity index (χ1n) is 6.14. The molecule has 0 radical (unpaired) electrons. The van der Waals surface area contributed by atoms with Gasteiger partial charge in [0.05, 0.1) is 12.6 Å². The van der Waals surface area contributed by atoms with Crippen molar-refractivity contribution in [3.05, 3.63) is 47.8 Å². The summed E-state index contributed by atoms with van der Waals surface area (Å²) in [5, 5.41) is 9.74. The van der Waals surface area contributed by atoms with E-state index in [-0.39, 0.29) is 5.82 Å². The number of rotatable bonds is 4. The predicted octanol–water partition coefficient (Wildman–Crippen LogP) is 2.25. The summed E-state index contributed by atoms with van der Waals surface area (Å²) in [5.41, 5.74) is 1.39. The van der Waals surface area contributed by atoms with E-state index >= 15 is 0 Å². The lowest BCUT2D eigenvalue weighted by molar-refractivity contribution is 0.199. The van der Waals surface area contributed by atoms with Crippen molar-refractivity contribution >= 4 is 5.69 Å². The maximum atomic E-state index is 13.3. The molecule has 2 aromatic rings. The van der Waals surface area contributed by atoms with Gasteiger partial charge in [-0.15, -0.1) is 0 Å². The number of aliphatic hydroxyl groups excluding tert-OH is 1. The number of halogens is 1. The zero-order valence-electron chi connectivity index (χ0n) is 11.3. The number of hydrogen-bond donors (Lipinski definition) is 1. The highest BCUT2D eigenvalue weighted by atomic mass is 19.1. The molecule has 2 rings (SSSR count). The predicted molar refractivity (Wildman–Crippen MR) is 72.3 cm³/mol. The smallest absolute Gasteiger partial charge is 0.127 e. The van der Waals surface area contributed by atoms with Gasteiger partial charge in [-0.05, 0) is 25.1 Å². The fourth-order valence-corrected chi connectivity index (χ4v) is 2.05. The Balaban J connectivity index is 2.28. The largest absolute Gasteiger partial charge is 0.389 e. The second-order valence-corrected chi connectivity index (χ2v) is 4.69. The zero-order valence-corrected chi connectivity index (χ0v) is 11.3. The third kappa shape index (κ3) is 2.93. The summed E-state index contributed by atoms with van der Waals surface area (Å²) in [6.07, 6.45) is 2.90. The molecule has 0 amide bonds. The summed E-state index contributed by atoms with van der Waals surface area (Å²) in [6.45, 7) is 2.22. The van der Waals surface area contributed by atoms with Crippen molar-refractivity contribution in [2.75, 3.05) is 11.9 Å². The van der Waals surface area contributed by atoms with E-state index in [4.69, 9.17) is 0 Å². The Labute approximate surface area is 112 Å². The molecule has 0 aliphatic heterocycles. The Morgan fingerprint density at radius 2 is 2.21 bits per heavy atom. The molecule has 0 bridgehead atoms. The van der Waals surface area contributed by atoms with Crippen LogP contribution >= 0.6 is 0 Å². The minimum absolute atomic E-state index is 0.343. The van der Waals surface area contributed by atoms with E-state index in [9.17, 15) is 9.50 Å². The Hall–Kier alpha value is -1.88. The van der Waals surface area contributed by atoms with E-state index in [2.05, 4.69) is 4.98 Å². The molecule has 0 saturated heterocycles. The highest BCUT2D eigenvalue weighted by Crippen LogP contribution is 2.27. The summed E-state index contributed by atoms with van der Waals surface area (Å²) in [5.74, 6) is 0.563. The highest BCUT2D eigenvalue weighted by molar-refractivity contribution is 5.54. The van der Waals surface area contributed by atoms with E-state index in [1.54, 1.807) is 19.2 Å². The van der Waals surface area contributed by atoms with Crippen molar-refractivity contribution in [1.82, 2.24) is 9.55 Å². The highest BCUT2D eigenvalue weighted by Gasteiger charge is 2.14. The third-order valence-electron chi connectivity index (χ3n) is 3.15. The van der Waals surface area contributed by atoms with Crippen LogP contribution in [0.1, 0.15) is 24.4 Å². The fraction of sp³-hybridized carbons (Fsp3) is 0.357. The molecule has 1 aromatic carbocycles. The van der Waals surface area contributed by atoms with Gasteiger partial charge < -0.3 is 14.6 Å². The van der Waals surface area contributed by atoms with E-state index < -0.39 is 6.10 Å². The SMILES string of the molecule is C[C@H](O)c1cc(F)ccc1N(C)Cc1nccn1C. The fourth-order valence-electron chi connectivity index (χ4n) is 2.05. The van der Waals surface area contributed by atoms with Crippen molar-refractivity contribution in [3.63, 3.8) is 0 Å². The molecular formula is C14H18FN3O. The summed E-state index contributed by atoms with van der Waals surface area (Å²) in [4.78, 5) is 6.21. The Kier molecular flexibility index (Phi) is 3.85. The van der Waals surface area contributed by atoms with Crippen LogP contribution in [0.25, 0.3) is 0 Å². The quantitative estimate of drug-likeness (QED) is 0.920. The molecule has 5 heteroatoms. The lowest BCUT2D eigenvalue weighted by Crippen LogP contribution is -2.21. The summed E-state index contributed by atoms with van der Waals surface area (Å²) < 4.78 is 15.2. The Morgan fingerprint density at radius 3 is 2.79 bits per heavy atom. The molecule has 19 heavy (non-hydrogen) atoms. The van der Waals surface area contributed by atoms with Crippen LogP contribution in [0.3, 0.4) is 0 Å². The minimum Gasteiger partial charge on any atom is -0.389 e. The van der Waals surface area contributed by atoms with E-state index in [1.165, 1.54) is 12.1 Å². The van der Waals surface area contributed by atoms with Gasteiger partial charge in [-0.25, -0.2) is 9.37 Å². The van der Waals surface area contributed by atoms with Gasteiger partial charge in [0.1, 0.15) is 11.6 Å². The van der Waals surface area contributed by atoms with Gasteiger partial charge in [-0.2, -0.15) is 0 Å². The molecule has 0 saturated carbocycles. The normalized spacial score (nSPS) is 12.5. The lowest BCUT2D eigenvalue weighted by atomic mass is 10.1. The molecular weight excluding hydrogens is 245 g/mol. The summed E-state index contributed by atoms with van der Waals surface area (Å²) in [6, 6.07) is 4.45. The third-order valence-corrected chi connectivity index (χ3v) is 3.15. The van der Waals surface area contributed by atoms with E-state index in [1.807, 2.05) is 29.8 Å². The van der Waals surface area contributed by atoms with Crippen LogP contribution in [-0.2, 0) is 13.6 Å². The van der Waals surface area contributed by atoms with Crippen LogP contribution in [0, 0.1) is 5.82 Å². The number of anilines is 1. The Bertz CT molecular complexity index is 566. The monoisotopic (exact) mass is 263 g/mol. The maximum absolute atomic E-state index is 13.3. The van der Waals surface area contributed by atoms with Crippen molar-refractivity contribution in [1.29, 1.82) is 0 Å². The van der Waals surface area contributed by atoms with Crippen LogP contribution in [0.2, 0.25) is 0 Å². The number of aliphatic hydroxyl groups is 1. The first-order chi connectivity index (χ1) is 8.99. The molecule has 0 aliphatic carbocycles. The van der Waals surface area contributed by atoms with Crippen molar-refractivity contribution in [2.24, 2.45) is 7.05 Å². The molecule has 1 N–H and O–H groups in total. The van der Waals surface area contributed by atoms with Crippen LogP contribution in [0.4, 0.5) is 10.1 Å². The molecule has 1 heterocycles. The van der Waals surface area contributed by atoms with Crippen molar-refractivity contribution < 1.29 is 9.50 Å². The first kappa shape index (κ1) is 13.5. The molecule has 0 unspecified atom stereocenters. The second kappa shape index (κ2) is 5.40. The minimum atomic E-state index is -0.713. The van der Waals surface area contributed by atoms with Gasteiger partial charge in [0.2, 0.25) is 0 Å². The van der Waals surface area contributed by atoms with Gasteiger partial charge in [0, 0.05) is 37.7 Å². The summed E-state index contributed by atoms with van der Waals surface area (Å²) in [7, 11) is 3.82. The van der Waals surface area contributed by atoms with E-state index in [0.717, 1.165) is 11.5 Å². The standard InChI is InChI=1S/C14H18FN3O/c1-10(19)12-8-11(15)4-5-13(12)18(3)9-14-16-6-7-17(14)2/h4-8,10,19H,9H2,1-3H3/t10-/m0/s1. The molecule has 1 aromatic heterocycles. The van der Waals surface area contributed by atoms with Gasteiger partial charge in [0.15, 0.2) is 0 Å². The van der Waals surface area contributed by atoms with Crippen molar-refractivity contribution in [2.45, 2.75) is 19.6 Å². The first-order valence-corrected chi connectivity index (χ1v) is 6.14. The molecule has 0 spiro atoms. The van der Waals surface area contributed by atoms with Crippen LogP contribution in [0.15, 0.2) is 30.6 Å². The molecule has 4 nitrogen and oxygen atoms in total. The number of hydrogen-bond acceptors (Lipinski definition) is 3. The van der Waals surface area contributed by atoms with Gasteiger partial charge in [-0.3, -0.25) is 0 Å². The number of benzene rings is 1. The van der Waals surface area contributed by atoms with Gasteiger partial charge >= 0.3 is 0 Å². The average Bonchev–Trinajstić information content (AvgIpc) is 2.74. The number of aromatic nitrogens is 2. The van der Waals surface area contributed by atoms with Crippen molar-refractivity contribution in [3.8, 4) is 0 Å². The second-order valence-electron chi connectivity index (χ2n) is 4.69. The number of imidazole rings is 1. The average molecular weight is 263 g/mol. The van der Waals surface area contributed by atoms with Crippen LogP contribution < -0.4 is 4.90 Å². The van der Waals surface area contributed by atoms with E-state index in [0.29, 0.717) is 12.1 Å². The molecule has 0 fully saturated rings. The molecule has 102 valence electrons. The zero-order chi connectivity index (χ0) is 14.0. The summed E-state index contributed by atoms with van der Waals surface area (Å²) >= 11 is 0. The maximum Gasteiger partial charge on any atom is 0.127 e. The number of nitrogens with zero attached hydrogens (tertiary/aromatic N) is 3. The number of aryl methyl sites for hydroxylation is 1. The topological polar surface area (TPSA) is 41.3 Å². The van der Waals surface area contributed by atoms with Crippen LogP contribution in [-0.4, -0.2) is 21.7 Å². The molecule has 1 atom stereocenters. The molecule has 0 aliphatic rings. The Morgan fingerprint density at radius 1 is 1.47 bits per heavy atom. The lowest BCUT2D eigenvalue weighted by Gasteiger charge is -2.23. The van der Waals surface area contributed by atoms with Crippen LogP contribution in [0.5, 0.6) is 0 Å².